The van der Waals surface area contributed by atoms with Crippen molar-refractivity contribution in [2.75, 3.05) is 32.9 Å². The Morgan fingerprint density at radius 3 is 1.71 bits per heavy atom. The minimum absolute atomic E-state index is 0.0205. The summed E-state index contributed by atoms with van der Waals surface area (Å²) in [5, 5.41) is 0.0205. The lowest BCUT2D eigenvalue weighted by molar-refractivity contribution is -0.139. The second-order valence-corrected chi connectivity index (χ2v) is 23.2. The minimum Gasteiger partial charge on any atom is -0.519 e. The van der Waals surface area contributed by atoms with Crippen LogP contribution in [0, 0.1) is 5.92 Å². The third-order valence-corrected chi connectivity index (χ3v) is 15.8. The summed E-state index contributed by atoms with van der Waals surface area (Å²) in [7, 11) is -6.35. The first kappa shape index (κ1) is 31.0. The van der Waals surface area contributed by atoms with Crippen LogP contribution in [0.4, 0.5) is 0 Å². The van der Waals surface area contributed by atoms with Gasteiger partial charge in [0.15, 0.2) is 0 Å². The Morgan fingerprint density at radius 2 is 1.35 bits per heavy atom. The molecule has 31 heavy (non-hydrogen) atoms. The number of carbonyl (C=O) groups is 1. The Kier molecular flexibility index (Phi) is 13.0. The third kappa shape index (κ3) is 10.6. The maximum Gasteiger partial charge on any atom is 0.500 e. The fraction of sp³-hybridized carbons (Fsp3) is 0.955. The van der Waals surface area contributed by atoms with Gasteiger partial charge in [-0.25, -0.2) is 0 Å². The molecule has 0 fully saturated rings. The van der Waals surface area contributed by atoms with E-state index < -0.39 is 25.4 Å². The SMILES string of the molecule is CCO[Si](CCCN(CC(C)C(=O)O[Si](C)(C)C(C)(C)C)[Si](C)(C)C)(OCC)OCC. The Morgan fingerprint density at radius 1 is 0.903 bits per heavy atom. The predicted molar refractivity (Wildman–Crippen MR) is 137 cm³/mol. The van der Waals surface area contributed by atoms with Crippen LogP contribution in [-0.4, -0.2) is 68.8 Å². The average molecular weight is 494 g/mol. The van der Waals surface area contributed by atoms with E-state index in [0.717, 1.165) is 25.6 Å². The molecule has 0 amide bonds. The molecule has 0 spiro atoms. The van der Waals surface area contributed by atoms with Crippen molar-refractivity contribution in [2.24, 2.45) is 5.92 Å². The third-order valence-electron chi connectivity index (χ3n) is 6.01. The van der Waals surface area contributed by atoms with Crippen molar-refractivity contribution in [3.05, 3.63) is 0 Å². The zero-order chi connectivity index (χ0) is 24.5. The number of carbonyl (C=O) groups excluding carboxylic acids is 1. The largest absolute Gasteiger partial charge is 0.519 e. The molecule has 6 nitrogen and oxygen atoms in total. The summed E-state index contributed by atoms with van der Waals surface area (Å²) in [5.74, 6) is -0.204. The van der Waals surface area contributed by atoms with Crippen LogP contribution in [0.1, 0.15) is 54.9 Å². The van der Waals surface area contributed by atoms with Gasteiger partial charge in [-0.3, -0.25) is 4.79 Å². The molecule has 0 aromatic carbocycles. The van der Waals surface area contributed by atoms with Gasteiger partial charge in [-0.05, 0) is 51.9 Å². The maximum absolute atomic E-state index is 12.9. The second kappa shape index (κ2) is 13.0. The quantitative estimate of drug-likeness (QED) is 0.271. The highest BCUT2D eigenvalue weighted by Gasteiger charge is 2.42. The van der Waals surface area contributed by atoms with E-state index in [1.165, 1.54) is 0 Å². The zero-order valence-corrected chi connectivity index (χ0v) is 25.5. The molecule has 0 N–H and O–H groups in total. The highest BCUT2D eigenvalue weighted by atomic mass is 28.4. The van der Waals surface area contributed by atoms with Crippen molar-refractivity contribution in [1.29, 1.82) is 0 Å². The van der Waals surface area contributed by atoms with Gasteiger partial charge >= 0.3 is 8.80 Å². The molecule has 0 rings (SSSR count). The zero-order valence-electron chi connectivity index (χ0n) is 22.5. The first-order valence-corrected chi connectivity index (χ1v) is 20.2. The summed E-state index contributed by atoms with van der Waals surface area (Å²) >= 11 is 0. The number of rotatable bonds is 15. The first-order chi connectivity index (χ1) is 14.0. The van der Waals surface area contributed by atoms with E-state index in [9.17, 15) is 4.79 Å². The Bertz CT molecular complexity index is 515. The lowest BCUT2D eigenvalue weighted by atomic mass is 10.2. The van der Waals surface area contributed by atoms with Crippen LogP contribution in [0.3, 0.4) is 0 Å². The van der Waals surface area contributed by atoms with Crippen molar-refractivity contribution in [1.82, 2.24) is 4.57 Å². The summed E-state index contributed by atoms with van der Waals surface area (Å²) in [6.45, 7) is 29.2. The van der Waals surface area contributed by atoms with Gasteiger partial charge in [-0.1, -0.05) is 47.3 Å². The van der Waals surface area contributed by atoms with Crippen LogP contribution in [0.15, 0.2) is 0 Å². The van der Waals surface area contributed by atoms with E-state index in [-0.39, 0.29) is 16.9 Å². The van der Waals surface area contributed by atoms with Crippen molar-refractivity contribution in [2.45, 2.75) is 98.7 Å². The van der Waals surface area contributed by atoms with Crippen LogP contribution in [0.2, 0.25) is 43.8 Å². The molecule has 0 aromatic rings. The molecular weight excluding hydrogens is 443 g/mol. The molecule has 0 saturated carbocycles. The summed E-state index contributed by atoms with van der Waals surface area (Å²) < 4.78 is 26.6. The standard InChI is InChI=1S/C22H51NO5Si3/c1-13-25-31(26-14-2,27-15-3)18-16-17-23(29(8,9)10)19-20(4)21(24)28-30(11,12)22(5,6)7/h20H,13-19H2,1-12H3. The van der Waals surface area contributed by atoms with Gasteiger partial charge in [-0.2, -0.15) is 0 Å². The molecule has 0 radical (unpaired) electrons. The maximum atomic E-state index is 12.9. The van der Waals surface area contributed by atoms with E-state index in [0.29, 0.717) is 19.8 Å². The Balaban J connectivity index is 5.15. The molecule has 9 heteroatoms. The fourth-order valence-corrected chi connectivity index (χ4v) is 8.35. The highest BCUT2D eigenvalue weighted by molar-refractivity contribution is 6.75. The summed E-state index contributed by atoms with van der Waals surface area (Å²) in [6.07, 6.45) is 0.931. The van der Waals surface area contributed by atoms with Gasteiger partial charge in [0.1, 0.15) is 8.24 Å². The smallest absolute Gasteiger partial charge is 0.500 e. The van der Waals surface area contributed by atoms with Crippen molar-refractivity contribution >= 4 is 31.3 Å². The Hall–Kier alpha value is -0.0394. The van der Waals surface area contributed by atoms with Crippen LogP contribution >= 0.6 is 0 Å². The summed E-state index contributed by atoms with van der Waals surface area (Å²) in [5.41, 5.74) is 0. The summed E-state index contributed by atoms with van der Waals surface area (Å²) in [4.78, 5) is 12.9. The van der Waals surface area contributed by atoms with Gasteiger partial charge in [-0.15, -0.1) is 0 Å². The van der Waals surface area contributed by atoms with Crippen LogP contribution in [0.25, 0.3) is 0 Å². The predicted octanol–water partition coefficient (Wildman–Crippen LogP) is 5.75. The number of nitrogens with zero attached hydrogens (tertiary/aromatic N) is 1. The Labute approximate surface area is 195 Å². The van der Waals surface area contributed by atoms with Gasteiger partial charge in [0.25, 0.3) is 14.3 Å². The monoisotopic (exact) mass is 493 g/mol. The molecule has 0 aliphatic carbocycles. The molecule has 1 unspecified atom stereocenters. The van der Waals surface area contributed by atoms with Gasteiger partial charge < -0.3 is 22.3 Å². The van der Waals surface area contributed by atoms with E-state index in [4.69, 9.17) is 17.7 Å². The molecule has 0 aliphatic rings. The van der Waals surface area contributed by atoms with E-state index in [1.807, 2.05) is 27.7 Å². The van der Waals surface area contributed by atoms with Gasteiger partial charge in [0, 0.05) is 32.4 Å². The van der Waals surface area contributed by atoms with Crippen molar-refractivity contribution in [3.63, 3.8) is 0 Å². The minimum atomic E-state index is -2.63. The van der Waals surface area contributed by atoms with E-state index in [1.54, 1.807) is 0 Å². The van der Waals surface area contributed by atoms with Crippen LogP contribution in [-0.2, 0) is 22.5 Å². The molecule has 0 saturated heterocycles. The molecule has 1 atom stereocenters. The summed E-state index contributed by atoms with van der Waals surface area (Å²) in [6, 6.07) is 0.798. The number of hydrogen-bond donors (Lipinski definition) is 0. The second-order valence-electron chi connectivity index (χ2n) is 10.8. The normalized spacial score (nSPS) is 14.7. The number of hydrogen-bond acceptors (Lipinski definition) is 6. The van der Waals surface area contributed by atoms with Crippen LogP contribution in [0.5, 0.6) is 0 Å². The first-order valence-electron chi connectivity index (χ1n) is 11.9. The van der Waals surface area contributed by atoms with Gasteiger partial charge in [0.2, 0.25) is 0 Å². The molecule has 186 valence electrons. The highest BCUT2D eigenvalue weighted by Crippen LogP contribution is 2.37. The van der Waals surface area contributed by atoms with Crippen molar-refractivity contribution < 1.29 is 22.5 Å². The topological polar surface area (TPSA) is 57.2 Å². The van der Waals surface area contributed by atoms with E-state index in [2.05, 4.69) is 58.1 Å². The molecule has 0 aliphatic heterocycles. The van der Waals surface area contributed by atoms with Gasteiger partial charge in [0.05, 0.1) is 5.92 Å². The molecular formula is C22H51NO5Si3. The molecule has 0 aromatic heterocycles. The average Bonchev–Trinajstić information content (AvgIpc) is 2.59. The lowest BCUT2D eigenvalue weighted by Crippen LogP contribution is -2.52. The van der Waals surface area contributed by atoms with Crippen molar-refractivity contribution in [3.8, 4) is 0 Å². The molecule has 0 heterocycles. The lowest BCUT2D eigenvalue weighted by Gasteiger charge is -2.39. The molecule has 0 bridgehead atoms. The van der Waals surface area contributed by atoms with Crippen LogP contribution < -0.4 is 0 Å². The van der Waals surface area contributed by atoms with E-state index >= 15 is 0 Å². The fourth-order valence-electron chi connectivity index (χ4n) is 3.10.